The first kappa shape index (κ1) is 11.6. The Balaban J connectivity index is 2.45. The number of benzene rings is 1. The Labute approximate surface area is 91.0 Å². The Hall–Kier alpha value is -1.51. The fourth-order valence-electron chi connectivity index (χ4n) is 1.16. The first-order valence-electron chi connectivity index (χ1n) is 5.23. The second kappa shape index (κ2) is 6.06. The molecule has 2 N–H and O–H groups in total. The molecule has 0 fully saturated rings. The first-order chi connectivity index (χ1) is 7.22. The molecule has 0 aromatic heterocycles. The zero-order valence-corrected chi connectivity index (χ0v) is 9.34. The van der Waals surface area contributed by atoms with Gasteiger partial charge < -0.3 is 10.1 Å². The zero-order chi connectivity index (χ0) is 11.1. The summed E-state index contributed by atoms with van der Waals surface area (Å²) in [6.07, 6.45) is 1.02. The normalized spacial score (nSPS) is 9.73. The highest BCUT2D eigenvalue weighted by molar-refractivity contribution is 5.75. The summed E-state index contributed by atoms with van der Waals surface area (Å²) >= 11 is 0. The maximum Gasteiger partial charge on any atom is 0.119 e. The monoisotopic (exact) mass is 206 g/mol. The van der Waals surface area contributed by atoms with Crippen molar-refractivity contribution in [2.24, 2.45) is 0 Å². The molecule has 0 aliphatic heterocycles. The fourth-order valence-corrected chi connectivity index (χ4v) is 1.16. The molecule has 0 aliphatic carbocycles. The number of hydrogen-bond acceptors (Lipinski definition) is 2. The largest absolute Gasteiger partial charge is 0.494 e. The summed E-state index contributed by atoms with van der Waals surface area (Å²) in [5, 5.41) is 10.2. The molecule has 0 atom stereocenters. The predicted molar refractivity (Wildman–Crippen MR) is 62.5 cm³/mol. The Morgan fingerprint density at radius 3 is 2.53 bits per heavy atom. The van der Waals surface area contributed by atoms with Crippen molar-refractivity contribution < 1.29 is 4.74 Å². The summed E-state index contributed by atoms with van der Waals surface area (Å²) in [6.45, 7) is 5.28. The van der Waals surface area contributed by atoms with Gasteiger partial charge in [0.05, 0.1) is 12.4 Å². The highest BCUT2D eigenvalue weighted by atomic mass is 16.5. The minimum atomic E-state index is 0.487. The average molecular weight is 206 g/mol. The van der Waals surface area contributed by atoms with Gasteiger partial charge >= 0.3 is 0 Å². The van der Waals surface area contributed by atoms with E-state index in [4.69, 9.17) is 10.1 Å². The fraction of sp³-hybridized carbons (Fsp3) is 0.417. The van der Waals surface area contributed by atoms with Crippen molar-refractivity contribution in [2.45, 2.75) is 26.8 Å². The maximum atomic E-state index is 7.24. The van der Waals surface area contributed by atoms with E-state index in [0.29, 0.717) is 12.4 Å². The molecular weight excluding hydrogens is 188 g/mol. The van der Waals surface area contributed by atoms with Gasteiger partial charge in [0.25, 0.3) is 0 Å². The van der Waals surface area contributed by atoms with Crippen LogP contribution >= 0.6 is 0 Å². The Bertz CT molecular complexity index is 306. The molecule has 15 heavy (non-hydrogen) atoms. The minimum Gasteiger partial charge on any atom is -0.494 e. The summed E-state index contributed by atoms with van der Waals surface area (Å²) in [4.78, 5) is 0. The molecule has 0 bridgehead atoms. The molecule has 0 unspecified atom stereocenters. The van der Waals surface area contributed by atoms with Gasteiger partial charge in [0.2, 0.25) is 0 Å². The molecule has 0 radical (unpaired) electrons. The summed E-state index contributed by atoms with van der Waals surface area (Å²) in [5.41, 5.74) is 1.16. The SMILES string of the molecule is CCCOc1ccc(CNC(C)=N)cc1. The quantitative estimate of drug-likeness (QED) is 0.574. The molecule has 0 amide bonds. The second-order valence-electron chi connectivity index (χ2n) is 3.47. The molecule has 1 aromatic rings. The van der Waals surface area contributed by atoms with E-state index < -0.39 is 0 Å². The van der Waals surface area contributed by atoms with Crippen LogP contribution in [0.3, 0.4) is 0 Å². The summed E-state index contributed by atoms with van der Waals surface area (Å²) < 4.78 is 5.47. The highest BCUT2D eigenvalue weighted by Gasteiger charge is 1.95. The smallest absolute Gasteiger partial charge is 0.119 e. The van der Waals surface area contributed by atoms with Crippen LogP contribution in [0.2, 0.25) is 0 Å². The molecular formula is C12H18N2O. The number of nitrogens with one attached hydrogen (secondary N) is 2. The van der Waals surface area contributed by atoms with Crippen molar-refractivity contribution in [1.82, 2.24) is 5.32 Å². The summed E-state index contributed by atoms with van der Waals surface area (Å²) in [6, 6.07) is 7.96. The number of ether oxygens (including phenoxy) is 1. The molecule has 0 saturated heterocycles. The van der Waals surface area contributed by atoms with Crippen molar-refractivity contribution >= 4 is 5.84 Å². The Kier molecular flexibility index (Phi) is 4.68. The third kappa shape index (κ3) is 4.49. The molecule has 82 valence electrons. The van der Waals surface area contributed by atoms with Gasteiger partial charge in [-0.1, -0.05) is 19.1 Å². The average Bonchev–Trinajstić information content (AvgIpc) is 2.25. The van der Waals surface area contributed by atoms with Gasteiger partial charge in [-0.25, -0.2) is 0 Å². The minimum absolute atomic E-state index is 0.487. The van der Waals surface area contributed by atoms with E-state index in [9.17, 15) is 0 Å². The van der Waals surface area contributed by atoms with Gasteiger partial charge in [-0.15, -0.1) is 0 Å². The molecule has 1 aromatic carbocycles. The highest BCUT2D eigenvalue weighted by Crippen LogP contribution is 2.12. The van der Waals surface area contributed by atoms with Crippen molar-refractivity contribution in [3.8, 4) is 5.75 Å². The molecule has 1 rings (SSSR count). The van der Waals surface area contributed by atoms with E-state index in [1.54, 1.807) is 6.92 Å². The third-order valence-corrected chi connectivity index (χ3v) is 1.95. The van der Waals surface area contributed by atoms with E-state index >= 15 is 0 Å². The van der Waals surface area contributed by atoms with Gasteiger partial charge in [0.15, 0.2) is 0 Å². The topological polar surface area (TPSA) is 45.1 Å². The van der Waals surface area contributed by atoms with Crippen molar-refractivity contribution in [2.75, 3.05) is 6.61 Å². The maximum absolute atomic E-state index is 7.24. The molecule has 0 spiro atoms. The number of amidine groups is 1. The second-order valence-corrected chi connectivity index (χ2v) is 3.47. The number of hydrogen-bond donors (Lipinski definition) is 2. The first-order valence-corrected chi connectivity index (χ1v) is 5.23. The van der Waals surface area contributed by atoms with Crippen LogP contribution in [0, 0.1) is 5.41 Å². The molecule has 0 aliphatic rings. The summed E-state index contributed by atoms with van der Waals surface area (Å²) in [7, 11) is 0. The van der Waals surface area contributed by atoms with E-state index in [2.05, 4.69) is 12.2 Å². The van der Waals surface area contributed by atoms with Gasteiger partial charge in [-0.05, 0) is 31.0 Å². The van der Waals surface area contributed by atoms with E-state index in [1.807, 2.05) is 24.3 Å². The van der Waals surface area contributed by atoms with Crippen LogP contribution < -0.4 is 10.1 Å². The van der Waals surface area contributed by atoms with Gasteiger partial charge in [0.1, 0.15) is 5.75 Å². The summed E-state index contributed by atoms with van der Waals surface area (Å²) in [5.74, 6) is 1.40. The van der Waals surface area contributed by atoms with Gasteiger partial charge in [0, 0.05) is 6.54 Å². The molecule has 3 nitrogen and oxygen atoms in total. The Morgan fingerprint density at radius 1 is 1.33 bits per heavy atom. The standard InChI is InChI=1S/C12H18N2O/c1-3-8-15-12-6-4-11(5-7-12)9-14-10(2)13/h4-7H,3,8-9H2,1-2H3,(H2,13,14). The molecule has 0 heterocycles. The van der Waals surface area contributed by atoms with Crippen molar-refractivity contribution in [3.63, 3.8) is 0 Å². The van der Waals surface area contributed by atoms with Crippen LogP contribution in [-0.4, -0.2) is 12.4 Å². The Morgan fingerprint density at radius 2 is 2.00 bits per heavy atom. The van der Waals surface area contributed by atoms with Gasteiger partial charge in [-0.3, -0.25) is 5.41 Å². The molecule has 0 saturated carbocycles. The van der Waals surface area contributed by atoms with Crippen molar-refractivity contribution in [1.29, 1.82) is 5.41 Å². The lowest BCUT2D eigenvalue weighted by Gasteiger charge is -2.06. The van der Waals surface area contributed by atoms with Crippen LogP contribution in [-0.2, 0) is 6.54 Å². The van der Waals surface area contributed by atoms with E-state index in [-0.39, 0.29) is 0 Å². The zero-order valence-electron chi connectivity index (χ0n) is 9.34. The van der Waals surface area contributed by atoms with Crippen LogP contribution in [0.15, 0.2) is 24.3 Å². The van der Waals surface area contributed by atoms with Crippen LogP contribution in [0.1, 0.15) is 25.8 Å². The van der Waals surface area contributed by atoms with Crippen LogP contribution in [0.25, 0.3) is 0 Å². The lowest BCUT2D eigenvalue weighted by atomic mass is 10.2. The lowest BCUT2D eigenvalue weighted by molar-refractivity contribution is 0.317. The van der Waals surface area contributed by atoms with Crippen LogP contribution in [0.5, 0.6) is 5.75 Å². The van der Waals surface area contributed by atoms with E-state index in [0.717, 1.165) is 24.3 Å². The van der Waals surface area contributed by atoms with Gasteiger partial charge in [-0.2, -0.15) is 0 Å². The van der Waals surface area contributed by atoms with Crippen molar-refractivity contribution in [3.05, 3.63) is 29.8 Å². The van der Waals surface area contributed by atoms with Crippen LogP contribution in [0.4, 0.5) is 0 Å². The lowest BCUT2D eigenvalue weighted by Crippen LogP contribution is -2.18. The number of rotatable bonds is 5. The third-order valence-electron chi connectivity index (χ3n) is 1.95. The van der Waals surface area contributed by atoms with E-state index in [1.165, 1.54) is 0 Å². The predicted octanol–water partition coefficient (Wildman–Crippen LogP) is 2.56. The molecule has 3 heteroatoms.